The van der Waals surface area contributed by atoms with E-state index in [1.807, 2.05) is 0 Å². The van der Waals surface area contributed by atoms with Crippen LogP contribution in [0.4, 0.5) is 18.9 Å². The molecule has 0 heterocycles. The fourth-order valence-electron chi connectivity index (χ4n) is 1.75. The van der Waals surface area contributed by atoms with Gasteiger partial charge in [-0.1, -0.05) is 0 Å². The molecule has 1 aromatic rings. The van der Waals surface area contributed by atoms with Crippen LogP contribution < -0.4 is 5.32 Å². The van der Waals surface area contributed by atoms with Gasteiger partial charge in [-0.15, -0.1) is 0 Å². The molecule has 1 fully saturated rings. The van der Waals surface area contributed by atoms with Crippen LogP contribution in [0.1, 0.15) is 12.8 Å². The van der Waals surface area contributed by atoms with Gasteiger partial charge in [0.15, 0.2) is 17.5 Å². The van der Waals surface area contributed by atoms with Crippen molar-refractivity contribution in [3.05, 3.63) is 29.6 Å². The topological polar surface area (TPSA) is 21.3 Å². The molecule has 2 nitrogen and oxygen atoms in total. The van der Waals surface area contributed by atoms with Crippen molar-refractivity contribution < 1.29 is 17.9 Å². The molecule has 2 rings (SSSR count). The molecule has 88 valence electrons. The number of rotatable bonds is 3. The summed E-state index contributed by atoms with van der Waals surface area (Å²) in [4.78, 5) is 0. The zero-order chi connectivity index (χ0) is 11.7. The van der Waals surface area contributed by atoms with Crippen LogP contribution in [0.5, 0.6) is 0 Å². The third-order valence-electron chi connectivity index (χ3n) is 2.78. The first-order valence-corrected chi connectivity index (χ1v) is 5.04. The van der Waals surface area contributed by atoms with E-state index in [1.165, 1.54) is 0 Å². The van der Waals surface area contributed by atoms with Gasteiger partial charge in [-0.05, 0) is 12.8 Å². The molecule has 0 atom stereocenters. The van der Waals surface area contributed by atoms with Gasteiger partial charge in [-0.3, -0.25) is 0 Å². The van der Waals surface area contributed by atoms with Crippen LogP contribution in [0.3, 0.4) is 0 Å². The Morgan fingerprint density at radius 3 is 2.25 bits per heavy atom. The second-order valence-electron chi connectivity index (χ2n) is 3.92. The highest BCUT2D eigenvalue weighted by Gasteiger charge is 2.29. The van der Waals surface area contributed by atoms with Crippen molar-refractivity contribution in [2.45, 2.75) is 25.0 Å². The normalized spacial score (nSPS) is 24.0. The standard InChI is InChI=1S/C11H12F3NO/c1-16-8-2-6(3-8)15-7-4-9(12)11(14)10(13)5-7/h4-6,8,15H,2-3H2,1H3. The Labute approximate surface area is 91.4 Å². The maximum absolute atomic E-state index is 12.9. The van der Waals surface area contributed by atoms with Gasteiger partial charge in [0, 0.05) is 31.0 Å². The number of nitrogens with one attached hydrogen (secondary N) is 1. The summed E-state index contributed by atoms with van der Waals surface area (Å²) in [6, 6.07) is 2.05. The average molecular weight is 231 g/mol. The number of methoxy groups -OCH3 is 1. The van der Waals surface area contributed by atoms with Crippen LogP contribution >= 0.6 is 0 Å². The minimum atomic E-state index is -1.44. The van der Waals surface area contributed by atoms with Crippen LogP contribution in [0.2, 0.25) is 0 Å². The maximum Gasteiger partial charge on any atom is 0.194 e. The molecule has 16 heavy (non-hydrogen) atoms. The number of anilines is 1. The van der Waals surface area contributed by atoms with Gasteiger partial charge in [-0.25, -0.2) is 13.2 Å². The summed E-state index contributed by atoms with van der Waals surface area (Å²) < 4.78 is 43.5. The Balaban J connectivity index is 2.01. The van der Waals surface area contributed by atoms with Gasteiger partial charge >= 0.3 is 0 Å². The summed E-state index contributed by atoms with van der Waals surface area (Å²) in [5.41, 5.74) is 0.260. The van der Waals surface area contributed by atoms with Crippen LogP contribution in [-0.2, 0) is 4.74 Å². The van der Waals surface area contributed by atoms with Crippen LogP contribution in [0, 0.1) is 17.5 Å². The lowest BCUT2D eigenvalue weighted by Crippen LogP contribution is -2.40. The van der Waals surface area contributed by atoms with Crippen LogP contribution in [0.15, 0.2) is 12.1 Å². The molecule has 5 heteroatoms. The van der Waals surface area contributed by atoms with Crippen molar-refractivity contribution in [1.82, 2.24) is 0 Å². The zero-order valence-corrected chi connectivity index (χ0v) is 8.77. The minimum absolute atomic E-state index is 0.134. The Morgan fingerprint density at radius 1 is 1.19 bits per heavy atom. The molecule has 0 saturated heterocycles. The maximum atomic E-state index is 12.9. The second-order valence-corrected chi connectivity index (χ2v) is 3.92. The van der Waals surface area contributed by atoms with E-state index in [2.05, 4.69) is 5.32 Å². The van der Waals surface area contributed by atoms with Crippen molar-refractivity contribution in [1.29, 1.82) is 0 Å². The molecule has 1 aromatic carbocycles. The largest absolute Gasteiger partial charge is 0.382 e. The Kier molecular flexibility index (Phi) is 3.05. The summed E-state index contributed by atoms with van der Waals surface area (Å²) in [5.74, 6) is -3.79. The van der Waals surface area contributed by atoms with E-state index < -0.39 is 17.5 Å². The molecule has 0 spiro atoms. The molecule has 1 saturated carbocycles. The molecule has 0 amide bonds. The molecular weight excluding hydrogens is 219 g/mol. The first-order valence-electron chi connectivity index (χ1n) is 5.04. The summed E-state index contributed by atoms with van der Waals surface area (Å²) in [7, 11) is 1.62. The molecule has 1 aliphatic carbocycles. The van der Waals surface area contributed by atoms with Crippen molar-refractivity contribution in [2.75, 3.05) is 12.4 Å². The van der Waals surface area contributed by atoms with Gasteiger partial charge < -0.3 is 10.1 Å². The van der Waals surface area contributed by atoms with Crippen LogP contribution in [0.25, 0.3) is 0 Å². The predicted octanol–water partition coefficient (Wildman–Crippen LogP) is 2.69. The van der Waals surface area contributed by atoms with E-state index in [0.717, 1.165) is 25.0 Å². The number of ether oxygens (including phenoxy) is 1. The van der Waals surface area contributed by atoms with E-state index in [1.54, 1.807) is 7.11 Å². The summed E-state index contributed by atoms with van der Waals surface area (Å²) in [6.07, 6.45) is 1.78. The van der Waals surface area contributed by atoms with Crippen molar-refractivity contribution in [3.8, 4) is 0 Å². The molecule has 0 aliphatic heterocycles. The summed E-state index contributed by atoms with van der Waals surface area (Å²) in [6.45, 7) is 0. The van der Waals surface area contributed by atoms with Gasteiger partial charge in [0.1, 0.15) is 0 Å². The predicted molar refractivity (Wildman–Crippen MR) is 53.8 cm³/mol. The van der Waals surface area contributed by atoms with E-state index in [4.69, 9.17) is 4.74 Å². The molecule has 0 unspecified atom stereocenters. The number of halogens is 3. The fraction of sp³-hybridized carbons (Fsp3) is 0.455. The summed E-state index contributed by atoms with van der Waals surface area (Å²) >= 11 is 0. The molecule has 0 radical (unpaired) electrons. The van der Waals surface area contributed by atoms with Gasteiger partial charge in [-0.2, -0.15) is 0 Å². The molecule has 1 N–H and O–H groups in total. The van der Waals surface area contributed by atoms with Crippen molar-refractivity contribution in [2.24, 2.45) is 0 Å². The van der Waals surface area contributed by atoms with Crippen molar-refractivity contribution >= 4 is 5.69 Å². The molecule has 0 aromatic heterocycles. The highest BCUT2D eigenvalue weighted by Crippen LogP contribution is 2.27. The zero-order valence-electron chi connectivity index (χ0n) is 8.77. The SMILES string of the molecule is COC1CC(Nc2cc(F)c(F)c(F)c2)C1. The quantitative estimate of drug-likeness (QED) is 0.807. The second kappa shape index (κ2) is 4.33. The monoisotopic (exact) mass is 231 g/mol. The van der Waals surface area contributed by atoms with Crippen LogP contribution in [-0.4, -0.2) is 19.3 Å². The highest BCUT2D eigenvalue weighted by molar-refractivity contribution is 5.45. The van der Waals surface area contributed by atoms with E-state index in [-0.39, 0.29) is 17.8 Å². The number of hydrogen-bond donors (Lipinski definition) is 1. The Bertz CT molecular complexity index is 368. The minimum Gasteiger partial charge on any atom is -0.382 e. The van der Waals surface area contributed by atoms with E-state index >= 15 is 0 Å². The van der Waals surface area contributed by atoms with E-state index in [9.17, 15) is 13.2 Å². The lowest BCUT2D eigenvalue weighted by Gasteiger charge is -2.35. The average Bonchev–Trinajstić information content (AvgIpc) is 2.19. The number of hydrogen-bond acceptors (Lipinski definition) is 2. The molecule has 0 bridgehead atoms. The Morgan fingerprint density at radius 2 is 1.75 bits per heavy atom. The lowest BCUT2D eigenvalue weighted by molar-refractivity contribution is 0.0328. The smallest absolute Gasteiger partial charge is 0.194 e. The lowest BCUT2D eigenvalue weighted by atomic mass is 9.89. The van der Waals surface area contributed by atoms with E-state index in [0.29, 0.717) is 0 Å². The third kappa shape index (κ3) is 2.14. The first kappa shape index (κ1) is 11.3. The highest BCUT2D eigenvalue weighted by atomic mass is 19.2. The van der Waals surface area contributed by atoms with Gasteiger partial charge in [0.2, 0.25) is 0 Å². The van der Waals surface area contributed by atoms with Gasteiger partial charge in [0.05, 0.1) is 6.10 Å². The van der Waals surface area contributed by atoms with Gasteiger partial charge in [0.25, 0.3) is 0 Å². The third-order valence-corrected chi connectivity index (χ3v) is 2.78. The molecule has 1 aliphatic rings. The fourth-order valence-corrected chi connectivity index (χ4v) is 1.75. The first-order chi connectivity index (χ1) is 7.60. The van der Waals surface area contributed by atoms with Crippen molar-refractivity contribution in [3.63, 3.8) is 0 Å². The summed E-state index contributed by atoms with van der Waals surface area (Å²) in [5, 5.41) is 2.92. The number of benzene rings is 1. The molecular formula is C11H12F3NO. The Hall–Kier alpha value is -1.23.